The van der Waals surface area contributed by atoms with Crippen LogP contribution in [0.15, 0.2) is 0 Å². The number of Topliss-reactive ketones (excluding diaryl/α,β-unsaturated/α-hetero) is 2. The van der Waals surface area contributed by atoms with Gasteiger partial charge in [-0.05, 0) is 11.8 Å². The molecule has 12 heavy (non-hydrogen) atoms. The maximum atomic E-state index is 11.1. The predicted molar refractivity (Wildman–Crippen MR) is 44.7 cm³/mol. The van der Waals surface area contributed by atoms with Gasteiger partial charge < -0.3 is 0 Å². The Balaban J connectivity index is 1.96. The second-order valence-electron chi connectivity index (χ2n) is 4.11. The maximum absolute atomic E-state index is 11.1. The number of rotatable bonds is 1. The van der Waals surface area contributed by atoms with Crippen molar-refractivity contribution in [2.45, 2.75) is 38.5 Å². The van der Waals surface area contributed by atoms with E-state index >= 15 is 0 Å². The average Bonchev–Trinajstić information content (AvgIpc) is 1.79. The lowest BCUT2D eigenvalue weighted by Crippen LogP contribution is -2.31. The molecule has 0 N–H and O–H groups in total. The smallest absolute Gasteiger partial charge is 0.140 e. The summed E-state index contributed by atoms with van der Waals surface area (Å²) in [6, 6.07) is 0. The lowest BCUT2D eigenvalue weighted by Gasteiger charge is -2.34. The first-order chi connectivity index (χ1) is 5.75. The highest BCUT2D eigenvalue weighted by Gasteiger charge is 2.33. The van der Waals surface area contributed by atoms with Crippen LogP contribution in [0, 0.1) is 11.8 Å². The fourth-order valence-electron chi connectivity index (χ4n) is 2.27. The number of carbonyl (C=O) groups is 2. The van der Waals surface area contributed by atoms with Gasteiger partial charge in [0, 0.05) is 12.8 Å². The molecule has 0 saturated heterocycles. The summed E-state index contributed by atoms with van der Waals surface area (Å²) < 4.78 is 0. The first-order valence-corrected chi connectivity index (χ1v) is 4.79. The van der Waals surface area contributed by atoms with Crippen molar-refractivity contribution in [1.82, 2.24) is 0 Å². The zero-order valence-corrected chi connectivity index (χ0v) is 7.21. The normalized spacial score (nSPS) is 27.3. The summed E-state index contributed by atoms with van der Waals surface area (Å²) in [5, 5.41) is 0. The molecule has 0 aromatic carbocycles. The molecule has 0 bridgehead atoms. The van der Waals surface area contributed by atoms with Gasteiger partial charge in [-0.15, -0.1) is 0 Å². The zero-order chi connectivity index (χ0) is 8.55. The molecule has 2 aliphatic rings. The highest BCUT2D eigenvalue weighted by atomic mass is 16.1. The van der Waals surface area contributed by atoms with Gasteiger partial charge in [0.1, 0.15) is 11.6 Å². The Morgan fingerprint density at radius 2 is 1.50 bits per heavy atom. The summed E-state index contributed by atoms with van der Waals surface area (Å²) in [5.41, 5.74) is 0. The Bertz CT molecular complexity index is 200. The molecule has 0 heterocycles. The minimum atomic E-state index is 0.170. The molecule has 66 valence electrons. The fourth-order valence-corrected chi connectivity index (χ4v) is 2.27. The van der Waals surface area contributed by atoms with E-state index in [1.807, 2.05) is 0 Å². The van der Waals surface area contributed by atoms with Gasteiger partial charge in [-0.25, -0.2) is 0 Å². The van der Waals surface area contributed by atoms with E-state index in [0.717, 1.165) is 0 Å². The van der Waals surface area contributed by atoms with Crippen molar-refractivity contribution in [3.8, 4) is 0 Å². The van der Waals surface area contributed by atoms with Gasteiger partial charge in [-0.1, -0.05) is 19.3 Å². The molecule has 2 saturated carbocycles. The number of ketones is 2. The Morgan fingerprint density at radius 3 is 1.92 bits per heavy atom. The van der Waals surface area contributed by atoms with Crippen LogP contribution in [0.5, 0.6) is 0 Å². The minimum Gasteiger partial charge on any atom is -0.299 e. The zero-order valence-electron chi connectivity index (χ0n) is 7.21. The van der Waals surface area contributed by atoms with Gasteiger partial charge in [-0.3, -0.25) is 9.59 Å². The minimum absolute atomic E-state index is 0.170. The van der Waals surface area contributed by atoms with Crippen LogP contribution in [0.1, 0.15) is 38.5 Å². The summed E-state index contributed by atoms with van der Waals surface area (Å²) in [6.07, 6.45) is 5.34. The number of carbonyl (C=O) groups excluding carboxylic acids is 2. The van der Waals surface area contributed by atoms with Crippen molar-refractivity contribution in [3.05, 3.63) is 0 Å². The molecule has 0 aliphatic heterocycles. The van der Waals surface area contributed by atoms with Gasteiger partial charge in [-0.2, -0.15) is 0 Å². The van der Waals surface area contributed by atoms with E-state index in [1.165, 1.54) is 19.3 Å². The quantitative estimate of drug-likeness (QED) is 0.556. The summed E-state index contributed by atoms with van der Waals surface area (Å²) in [4.78, 5) is 22.2. The third-order valence-corrected chi connectivity index (χ3v) is 3.19. The Hall–Kier alpha value is -0.660. The lowest BCUT2D eigenvalue weighted by atomic mass is 9.69. The SMILES string of the molecule is O=C1CC(=O)CC(C2CCC2)C1. The molecule has 0 aromatic heterocycles. The van der Waals surface area contributed by atoms with E-state index in [2.05, 4.69) is 0 Å². The summed E-state index contributed by atoms with van der Waals surface area (Å²) >= 11 is 0. The molecule has 2 nitrogen and oxygen atoms in total. The van der Waals surface area contributed by atoms with Gasteiger partial charge in [0.25, 0.3) is 0 Å². The Kier molecular flexibility index (Phi) is 1.99. The van der Waals surface area contributed by atoms with Crippen molar-refractivity contribution < 1.29 is 9.59 Å². The predicted octanol–water partition coefficient (Wildman–Crippen LogP) is 1.72. The fraction of sp³-hybridized carbons (Fsp3) is 0.800. The third kappa shape index (κ3) is 1.43. The lowest BCUT2D eigenvalue weighted by molar-refractivity contribution is -0.132. The molecular formula is C10H14O2. The van der Waals surface area contributed by atoms with E-state index in [-0.39, 0.29) is 18.0 Å². The molecule has 0 amide bonds. The van der Waals surface area contributed by atoms with Gasteiger partial charge in [0.05, 0.1) is 6.42 Å². The molecule has 0 radical (unpaired) electrons. The van der Waals surface area contributed by atoms with Crippen molar-refractivity contribution in [2.24, 2.45) is 11.8 Å². The monoisotopic (exact) mass is 166 g/mol. The van der Waals surface area contributed by atoms with Crippen LogP contribution >= 0.6 is 0 Å². The highest BCUT2D eigenvalue weighted by molar-refractivity contribution is 6.01. The first-order valence-electron chi connectivity index (χ1n) is 4.79. The van der Waals surface area contributed by atoms with Gasteiger partial charge >= 0.3 is 0 Å². The number of hydrogen-bond acceptors (Lipinski definition) is 2. The van der Waals surface area contributed by atoms with Crippen molar-refractivity contribution in [2.75, 3.05) is 0 Å². The summed E-state index contributed by atoms with van der Waals surface area (Å²) in [7, 11) is 0. The first kappa shape index (κ1) is 7.96. The van der Waals surface area contributed by atoms with Crippen LogP contribution in [0.2, 0.25) is 0 Å². The van der Waals surface area contributed by atoms with Gasteiger partial charge in [0.15, 0.2) is 0 Å². The molecule has 0 spiro atoms. The third-order valence-electron chi connectivity index (χ3n) is 3.19. The topological polar surface area (TPSA) is 34.1 Å². The number of hydrogen-bond donors (Lipinski definition) is 0. The second-order valence-corrected chi connectivity index (χ2v) is 4.11. The van der Waals surface area contributed by atoms with Crippen molar-refractivity contribution in [3.63, 3.8) is 0 Å². The second kappa shape index (κ2) is 3.00. The average molecular weight is 166 g/mol. The molecule has 2 heteroatoms. The highest BCUT2D eigenvalue weighted by Crippen LogP contribution is 2.39. The van der Waals surface area contributed by atoms with Crippen LogP contribution in [0.4, 0.5) is 0 Å². The van der Waals surface area contributed by atoms with E-state index in [0.29, 0.717) is 24.7 Å². The van der Waals surface area contributed by atoms with Crippen LogP contribution in [-0.4, -0.2) is 11.6 Å². The molecule has 2 aliphatic carbocycles. The van der Waals surface area contributed by atoms with Crippen LogP contribution in [0.3, 0.4) is 0 Å². The van der Waals surface area contributed by atoms with Crippen LogP contribution in [-0.2, 0) is 9.59 Å². The molecule has 2 rings (SSSR count). The van der Waals surface area contributed by atoms with Gasteiger partial charge in [0.2, 0.25) is 0 Å². The van der Waals surface area contributed by atoms with E-state index in [4.69, 9.17) is 0 Å². The summed E-state index contributed by atoms with van der Waals surface area (Å²) in [5.74, 6) is 1.44. The molecule has 0 atom stereocenters. The van der Waals surface area contributed by atoms with Crippen LogP contribution < -0.4 is 0 Å². The maximum Gasteiger partial charge on any atom is 0.140 e. The Labute approximate surface area is 72.3 Å². The summed E-state index contributed by atoms with van der Waals surface area (Å²) in [6.45, 7) is 0. The van der Waals surface area contributed by atoms with Crippen molar-refractivity contribution in [1.29, 1.82) is 0 Å². The standard InChI is InChI=1S/C10H14O2/c11-9-4-8(5-10(12)6-9)7-2-1-3-7/h7-8H,1-6H2. The van der Waals surface area contributed by atoms with Crippen molar-refractivity contribution >= 4 is 11.6 Å². The van der Waals surface area contributed by atoms with Crippen LogP contribution in [0.25, 0.3) is 0 Å². The largest absolute Gasteiger partial charge is 0.299 e. The van der Waals surface area contributed by atoms with E-state index in [9.17, 15) is 9.59 Å². The molecular weight excluding hydrogens is 152 g/mol. The molecule has 0 aromatic rings. The van der Waals surface area contributed by atoms with E-state index in [1.54, 1.807) is 0 Å². The Morgan fingerprint density at radius 1 is 0.917 bits per heavy atom. The molecule has 2 fully saturated rings. The van der Waals surface area contributed by atoms with E-state index < -0.39 is 0 Å². The molecule has 0 unspecified atom stereocenters.